The first kappa shape index (κ1) is 21.9. The van der Waals surface area contributed by atoms with Gasteiger partial charge in [-0.05, 0) is 36.5 Å². The predicted octanol–water partition coefficient (Wildman–Crippen LogP) is 3.95. The molecule has 0 aliphatic carbocycles. The zero-order valence-corrected chi connectivity index (χ0v) is 19.1. The summed E-state index contributed by atoms with van der Waals surface area (Å²) in [5.41, 5.74) is 4.05. The van der Waals surface area contributed by atoms with E-state index in [0.29, 0.717) is 12.5 Å². The van der Waals surface area contributed by atoms with Gasteiger partial charge >= 0.3 is 0 Å². The van der Waals surface area contributed by atoms with Crippen molar-refractivity contribution >= 4 is 22.8 Å². The van der Waals surface area contributed by atoms with Crippen LogP contribution in [0.5, 0.6) is 11.5 Å². The minimum absolute atomic E-state index is 0.0466. The first-order chi connectivity index (χ1) is 15.5. The van der Waals surface area contributed by atoms with E-state index in [2.05, 4.69) is 20.3 Å². The Bertz CT molecular complexity index is 1090. The summed E-state index contributed by atoms with van der Waals surface area (Å²) in [5.74, 6) is 2.94. The average Bonchev–Trinajstić information content (AvgIpc) is 3.27. The first-order valence-corrected chi connectivity index (χ1v) is 11.1. The molecular formula is C24H31N5O3. The van der Waals surface area contributed by atoms with Crippen molar-refractivity contribution in [1.82, 2.24) is 19.9 Å². The highest BCUT2D eigenvalue weighted by Crippen LogP contribution is 2.34. The highest BCUT2D eigenvalue weighted by molar-refractivity contribution is 5.88. The third-order valence-corrected chi connectivity index (χ3v) is 6.17. The molecule has 2 aromatic heterocycles. The molecule has 4 rings (SSSR count). The molecule has 0 saturated carbocycles. The number of hydrogen-bond acceptors (Lipinski definition) is 6. The molecule has 1 aromatic carbocycles. The molecule has 170 valence electrons. The minimum Gasteiger partial charge on any atom is -0.497 e. The summed E-state index contributed by atoms with van der Waals surface area (Å²) in [6, 6.07) is 5.77. The number of carbonyl (C=O) groups excluding carboxylic acids is 1. The van der Waals surface area contributed by atoms with Crippen molar-refractivity contribution in [1.29, 1.82) is 0 Å². The quantitative estimate of drug-likeness (QED) is 0.581. The van der Waals surface area contributed by atoms with E-state index in [1.165, 1.54) is 5.56 Å². The van der Waals surface area contributed by atoms with Crippen molar-refractivity contribution in [2.75, 3.05) is 32.6 Å². The summed E-state index contributed by atoms with van der Waals surface area (Å²) in [5, 5.41) is 3.41. The molecular weight excluding hydrogens is 406 g/mol. The van der Waals surface area contributed by atoms with E-state index in [4.69, 9.17) is 9.47 Å². The molecule has 0 unspecified atom stereocenters. The number of piperidine rings is 1. The van der Waals surface area contributed by atoms with Gasteiger partial charge in [-0.3, -0.25) is 4.79 Å². The Labute approximate surface area is 188 Å². The number of aromatic nitrogens is 3. The van der Waals surface area contributed by atoms with E-state index < -0.39 is 0 Å². The van der Waals surface area contributed by atoms with E-state index in [9.17, 15) is 4.79 Å². The summed E-state index contributed by atoms with van der Waals surface area (Å²) in [7, 11) is 3.29. The molecule has 0 bridgehead atoms. The van der Waals surface area contributed by atoms with Crippen LogP contribution < -0.4 is 14.8 Å². The molecule has 32 heavy (non-hydrogen) atoms. The van der Waals surface area contributed by atoms with Crippen molar-refractivity contribution in [2.24, 2.45) is 5.92 Å². The number of ether oxygens (including phenoxy) is 2. The highest BCUT2D eigenvalue weighted by Gasteiger charge is 2.27. The van der Waals surface area contributed by atoms with Gasteiger partial charge in [0.25, 0.3) is 0 Å². The second kappa shape index (κ2) is 9.46. The van der Waals surface area contributed by atoms with Crippen LogP contribution in [0.15, 0.2) is 30.7 Å². The number of benzene rings is 1. The van der Waals surface area contributed by atoms with Crippen LogP contribution >= 0.6 is 0 Å². The van der Waals surface area contributed by atoms with Crippen LogP contribution in [-0.2, 0) is 11.3 Å². The molecule has 3 heterocycles. The summed E-state index contributed by atoms with van der Waals surface area (Å²) in [6.07, 6.45) is 5.54. The topological polar surface area (TPSA) is 92.4 Å². The molecule has 0 radical (unpaired) electrons. The summed E-state index contributed by atoms with van der Waals surface area (Å²) < 4.78 is 10.8. The molecule has 0 atom stereocenters. The van der Waals surface area contributed by atoms with Crippen molar-refractivity contribution in [2.45, 2.75) is 39.2 Å². The molecule has 3 aromatic rings. The van der Waals surface area contributed by atoms with Gasteiger partial charge in [0.2, 0.25) is 5.91 Å². The number of amides is 1. The lowest BCUT2D eigenvalue weighted by atomic mass is 9.90. The SMILES string of the molecule is COc1ccc(CNc2ncnc3c(C4CCN(C(=O)C(C)C)CC4)c[nH]c23)c(OC)c1. The number of anilines is 1. The summed E-state index contributed by atoms with van der Waals surface area (Å²) >= 11 is 0. The number of likely N-dealkylation sites (tertiary alicyclic amines) is 1. The van der Waals surface area contributed by atoms with Gasteiger partial charge < -0.3 is 24.7 Å². The van der Waals surface area contributed by atoms with Gasteiger partial charge in [0, 0.05) is 43.4 Å². The Balaban J connectivity index is 1.49. The predicted molar refractivity (Wildman–Crippen MR) is 124 cm³/mol. The molecule has 2 N–H and O–H groups in total. The molecule has 1 saturated heterocycles. The zero-order chi connectivity index (χ0) is 22.7. The van der Waals surface area contributed by atoms with Crippen LogP contribution in [0.3, 0.4) is 0 Å². The van der Waals surface area contributed by atoms with Gasteiger partial charge in [-0.15, -0.1) is 0 Å². The molecule has 1 aliphatic rings. The number of methoxy groups -OCH3 is 2. The molecule has 1 fully saturated rings. The number of rotatable bonds is 7. The van der Waals surface area contributed by atoms with E-state index in [0.717, 1.165) is 59.8 Å². The fourth-order valence-electron chi connectivity index (χ4n) is 4.36. The smallest absolute Gasteiger partial charge is 0.225 e. The number of hydrogen-bond donors (Lipinski definition) is 2. The normalized spacial score (nSPS) is 14.7. The maximum atomic E-state index is 12.3. The van der Waals surface area contributed by atoms with Crippen LogP contribution in [0.25, 0.3) is 11.0 Å². The lowest BCUT2D eigenvalue weighted by molar-refractivity contribution is -0.135. The first-order valence-electron chi connectivity index (χ1n) is 11.1. The fraction of sp³-hybridized carbons (Fsp3) is 0.458. The van der Waals surface area contributed by atoms with E-state index >= 15 is 0 Å². The van der Waals surface area contributed by atoms with Crippen molar-refractivity contribution < 1.29 is 14.3 Å². The lowest BCUT2D eigenvalue weighted by Gasteiger charge is -2.33. The van der Waals surface area contributed by atoms with Crippen LogP contribution in [-0.4, -0.2) is 53.1 Å². The Kier molecular flexibility index (Phi) is 6.48. The lowest BCUT2D eigenvalue weighted by Crippen LogP contribution is -2.40. The molecule has 1 aliphatic heterocycles. The molecule has 8 heteroatoms. The van der Waals surface area contributed by atoms with Crippen LogP contribution in [0, 0.1) is 5.92 Å². The van der Waals surface area contributed by atoms with Gasteiger partial charge in [-0.25, -0.2) is 9.97 Å². The maximum absolute atomic E-state index is 12.3. The largest absolute Gasteiger partial charge is 0.497 e. The second-order valence-electron chi connectivity index (χ2n) is 8.48. The molecule has 1 amide bonds. The third kappa shape index (κ3) is 4.35. The van der Waals surface area contributed by atoms with E-state index in [1.807, 2.05) is 43.1 Å². The van der Waals surface area contributed by atoms with Gasteiger partial charge in [-0.1, -0.05) is 13.8 Å². The summed E-state index contributed by atoms with van der Waals surface area (Å²) in [6.45, 7) is 6.06. The van der Waals surface area contributed by atoms with Crippen molar-refractivity contribution in [3.05, 3.63) is 41.9 Å². The maximum Gasteiger partial charge on any atom is 0.225 e. The highest BCUT2D eigenvalue weighted by atomic mass is 16.5. The van der Waals surface area contributed by atoms with Gasteiger partial charge in [0.05, 0.1) is 19.7 Å². The number of nitrogens with zero attached hydrogens (tertiary/aromatic N) is 3. The Hall–Kier alpha value is -3.29. The van der Waals surface area contributed by atoms with E-state index in [1.54, 1.807) is 20.5 Å². The average molecular weight is 438 g/mol. The van der Waals surface area contributed by atoms with Gasteiger partial charge in [-0.2, -0.15) is 0 Å². The Morgan fingerprint density at radius 3 is 2.69 bits per heavy atom. The number of carbonyl (C=O) groups is 1. The number of aromatic amines is 1. The number of nitrogens with one attached hydrogen (secondary N) is 2. The third-order valence-electron chi connectivity index (χ3n) is 6.17. The fourth-order valence-corrected chi connectivity index (χ4v) is 4.36. The van der Waals surface area contributed by atoms with Crippen LogP contribution in [0.4, 0.5) is 5.82 Å². The van der Waals surface area contributed by atoms with Crippen molar-refractivity contribution in [3.63, 3.8) is 0 Å². The molecule has 0 spiro atoms. The molecule has 8 nitrogen and oxygen atoms in total. The van der Waals surface area contributed by atoms with Crippen LogP contribution in [0.1, 0.15) is 43.7 Å². The van der Waals surface area contributed by atoms with E-state index in [-0.39, 0.29) is 11.8 Å². The van der Waals surface area contributed by atoms with Crippen LogP contribution in [0.2, 0.25) is 0 Å². The summed E-state index contributed by atoms with van der Waals surface area (Å²) in [4.78, 5) is 26.7. The van der Waals surface area contributed by atoms with Gasteiger partial charge in [0.1, 0.15) is 23.3 Å². The van der Waals surface area contributed by atoms with Crippen molar-refractivity contribution in [3.8, 4) is 11.5 Å². The van der Waals surface area contributed by atoms with Gasteiger partial charge in [0.15, 0.2) is 5.82 Å². The number of fused-ring (bicyclic) bond motifs is 1. The standard InChI is InChI=1S/C24H31N5O3/c1-15(2)24(30)29-9-7-16(8-10-29)19-13-25-22-21(19)27-14-28-23(22)26-12-17-5-6-18(31-3)11-20(17)32-4/h5-6,11,13-16,25H,7-10,12H2,1-4H3,(H,26,27,28). The minimum atomic E-state index is 0.0466. The zero-order valence-electron chi connectivity index (χ0n) is 19.1. The second-order valence-corrected chi connectivity index (χ2v) is 8.48. The Morgan fingerprint density at radius 1 is 1.22 bits per heavy atom. The monoisotopic (exact) mass is 437 g/mol. The Morgan fingerprint density at radius 2 is 2.00 bits per heavy atom. The number of H-pyrrole nitrogens is 1.